The molecule has 0 aromatic heterocycles. The topological polar surface area (TPSA) is 38.7 Å². The summed E-state index contributed by atoms with van der Waals surface area (Å²) in [7, 11) is 1.00. The van der Waals surface area contributed by atoms with E-state index in [1.165, 1.54) is 0 Å². The molecular weight excluding hydrogens is 144 g/mol. The summed E-state index contributed by atoms with van der Waals surface area (Å²) in [5.74, 6) is 0.623. The Morgan fingerprint density at radius 1 is 1.27 bits per heavy atom. The van der Waals surface area contributed by atoms with Crippen LogP contribution in [-0.2, 0) is 9.47 Å². The zero-order valence-electron chi connectivity index (χ0n) is 7.12. The summed E-state index contributed by atoms with van der Waals surface area (Å²) in [4.78, 5) is 0. The lowest BCUT2D eigenvalue weighted by Crippen LogP contribution is -2.19. The van der Waals surface area contributed by atoms with Crippen LogP contribution in [0.2, 0.25) is 0 Å². The van der Waals surface area contributed by atoms with E-state index in [0.29, 0.717) is 18.1 Å². The van der Waals surface area contributed by atoms with Crippen molar-refractivity contribution in [2.75, 3.05) is 20.3 Å². The molecule has 2 aliphatic rings. The van der Waals surface area contributed by atoms with Crippen LogP contribution < -0.4 is 0 Å². The van der Waals surface area contributed by atoms with Gasteiger partial charge in [0.25, 0.3) is 0 Å². The summed E-state index contributed by atoms with van der Waals surface area (Å²) in [6.07, 6.45) is 1.96. The van der Waals surface area contributed by atoms with Gasteiger partial charge in [-0.15, -0.1) is 0 Å². The molecule has 3 atom stereocenters. The summed E-state index contributed by atoms with van der Waals surface area (Å²) in [6, 6.07) is 0. The number of aliphatic hydroxyl groups is 1. The predicted octanol–water partition coefficient (Wildman–Crippen LogP) is 0.419. The second-order valence-electron chi connectivity index (χ2n) is 2.97. The average molecular weight is 160 g/mol. The number of aliphatic hydroxyl groups excluding tert-OH is 1. The van der Waals surface area contributed by atoms with E-state index in [1.807, 2.05) is 0 Å². The molecule has 1 N–H and O–H groups in total. The highest BCUT2D eigenvalue weighted by molar-refractivity contribution is 4.86. The minimum absolute atomic E-state index is 0.421. The van der Waals surface area contributed by atoms with Crippen LogP contribution in [0.1, 0.15) is 13.3 Å². The standard InChI is InChI=1S/C7H12O2.CH4O/c1-5-4-9-6-2-3-8-7(5)6;1-2/h5-7H,2-4H2,1H3;2H,1H3/t5?,6-,7?;/m1./s1. The second kappa shape index (κ2) is 4.04. The molecule has 0 saturated carbocycles. The van der Waals surface area contributed by atoms with Crippen LogP contribution in [0.4, 0.5) is 0 Å². The van der Waals surface area contributed by atoms with E-state index in [9.17, 15) is 0 Å². The van der Waals surface area contributed by atoms with Crippen LogP contribution in [0.5, 0.6) is 0 Å². The largest absolute Gasteiger partial charge is 0.400 e. The minimum Gasteiger partial charge on any atom is -0.400 e. The Morgan fingerprint density at radius 2 is 2.00 bits per heavy atom. The molecule has 2 rings (SSSR count). The van der Waals surface area contributed by atoms with Crippen LogP contribution in [0.25, 0.3) is 0 Å². The Labute approximate surface area is 67.3 Å². The van der Waals surface area contributed by atoms with Crippen molar-refractivity contribution in [2.24, 2.45) is 5.92 Å². The van der Waals surface area contributed by atoms with Crippen molar-refractivity contribution in [3.8, 4) is 0 Å². The van der Waals surface area contributed by atoms with Gasteiger partial charge in [-0.2, -0.15) is 0 Å². The van der Waals surface area contributed by atoms with E-state index in [2.05, 4.69) is 6.92 Å². The highest BCUT2D eigenvalue weighted by Gasteiger charge is 2.38. The number of hydrogen-bond donors (Lipinski definition) is 1. The maximum atomic E-state index is 7.00. The van der Waals surface area contributed by atoms with Gasteiger partial charge < -0.3 is 14.6 Å². The summed E-state index contributed by atoms with van der Waals surface area (Å²) in [5.41, 5.74) is 0. The summed E-state index contributed by atoms with van der Waals surface area (Å²) < 4.78 is 10.9. The number of ether oxygens (including phenoxy) is 2. The molecule has 3 nitrogen and oxygen atoms in total. The van der Waals surface area contributed by atoms with Crippen molar-refractivity contribution in [2.45, 2.75) is 25.6 Å². The molecule has 3 heteroatoms. The van der Waals surface area contributed by atoms with E-state index >= 15 is 0 Å². The van der Waals surface area contributed by atoms with E-state index in [-0.39, 0.29) is 0 Å². The van der Waals surface area contributed by atoms with Crippen molar-refractivity contribution in [3.05, 3.63) is 0 Å². The van der Waals surface area contributed by atoms with Gasteiger partial charge in [-0.1, -0.05) is 6.92 Å². The highest BCUT2D eigenvalue weighted by Crippen LogP contribution is 2.29. The van der Waals surface area contributed by atoms with Gasteiger partial charge >= 0.3 is 0 Å². The van der Waals surface area contributed by atoms with Gasteiger partial charge in [0.2, 0.25) is 0 Å². The Hall–Kier alpha value is -0.120. The van der Waals surface area contributed by atoms with Crippen LogP contribution in [0.3, 0.4) is 0 Å². The molecule has 2 heterocycles. The van der Waals surface area contributed by atoms with Crippen LogP contribution in [0, 0.1) is 5.92 Å². The van der Waals surface area contributed by atoms with E-state index in [1.54, 1.807) is 0 Å². The molecule has 0 radical (unpaired) electrons. The Kier molecular flexibility index (Phi) is 3.30. The molecule has 2 unspecified atom stereocenters. The van der Waals surface area contributed by atoms with Crippen LogP contribution >= 0.6 is 0 Å². The fraction of sp³-hybridized carbons (Fsp3) is 1.00. The van der Waals surface area contributed by atoms with Crippen molar-refractivity contribution < 1.29 is 14.6 Å². The fourth-order valence-electron chi connectivity index (χ4n) is 1.67. The first-order valence-electron chi connectivity index (χ1n) is 4.06. The third-order valence-electron chi connectivity index (χ3n) is 2.21. The first-order chi connectivity index (χ1) is 5.38. The van der Waals surface area contributed by atoms with Crippen molar-refractivity contribution in [1.29, 1.82) is 0 Å². The first kappa shape index (κ1) is 8.97. The third kappa shape index (κ3) is 1.72. The molecule has 0 aliphatic carbocycles. The van der Waals surface area contributed by atoms with Crippen molar-refractivity contribution in [1.82, 2.24) is 0 Å². The van der Waals surface area contributed by atoms with Crippen LogP contribution in [-0.4, -0.2) is 37.6 Å². The SMILES string of the molecule is CC1CO[C@@H]2CCOC12.CO. The van der Waals surface area contributed by atoms with Crippen molar-refractivity contribution >= 4 is 0 Å². The quantitative estimate of drug-likeness (QED) is 0.558. The van der Waals surface area contributed by atoms with Gasteiger partial charge in [-0.05, 0) is 6.42 Å². The molecule has 2 aliphatic heterocycles. The fourth-order valence-corrected chi connectivity index (χ4v) is 1.67. The highest BCUT2D eigenvalue weighted by atomic mass is 16.6. The normalized spacial score (nSPS) is 41.2. The van der Waals surface area contributed by atoms with Gasteiger partial charge in [-0.25, -0.2) is 0 Å². The monoisotopic (exact) mass is 160 g/mol. The van der Waals surface area contributed by atoms with E-state index in [4.69, 9.17) is 14.6 Å². The molecule has 2 fully saturated rings. The summed E-state index contributed by atoms with van der Waals surface area (Å²) >= 11 is 0. The maximum absolute atomic E-state index is 7.00. The maximum Gasteiger partial charge on any atom is 0.0884 e. The van der Waals surface area contributed by atoms with Crippen LogP contribution in [0.15, 0.2) is 0 Å². The molecule has 0 spiro atoms. The molecule has 0 bridgehead atoms. The van der Waals surface area contributed by atoms with Gasteiger partial charge in [0.05, 0.1) is 18.8 Å². The molecule has 2 saturated heterocycles. The molecular formula is C8H16O3. The van der Waals surface area contributed by atoms with Crippen molar-refractivity contribution in [3.63, 3.8) is 0 Å². The van der Waals surface area contributed by atoms with Gasteiger partial charge in [0.15, 0.2) is 0 Å². The first-order valence-corrected chi connectivity index (χ1v) is 4.06. The Morgan fingerprint density at radius 3 is 2.64 bits per heavy atom. The van der Waals surface area contributed by atoms with Gasteiger partial charge in [0, 0.05) is 19.6 Å². The molecule has 11 heavy (non-hydrogen) atoms. The minimum atomic E-state index is 0.421. The molecule has 0 amide bonds. The average Bonchev–Trinajstić information content (AvgIpc) is 2.60. The second-order valence-corrected chi connectivity index (χ2v) is 2.97. The Balaban J connectivity index is 0.000000281. The molecule has 66 valence electrons. The zero-order valence-corrected chi connectivity index (χ0v) is 7.12. The lowest BCUT2D eigenvalue weighted by molar-refractivity contribution is 0.0658. The number of hydrogen-bond acceptors (Lipinski definition) is 3. The van der Waals surface area contributed by atoms with E-state index < -0.39 is 0 Å². The van der Waals surface area contributed by atoms with Gasteiger partial charge in [0.1, 0.15) is 0 Å². The lowest BCUT2D eigenvalue weighted by Gasteiger charge is -2.08. The third-order valence-corrected chi connectivity index (χ3v) is 2.21. The lowest BCUT2D eigenvalue weighted by atomic mass is 10.1. The van der Waals surface area contributed by atoms with E-state index in [0.717, 1.165) is 26.7 Å². The van der Waals surface area contributed by atoms with Gasteiger partial charge in [-0.3, -0.25) is 0 Å². The summed E-state index contributed by atoms with van der Waals surface area (Å²) in [5, 5.41) is 7.00. The predicted molar refractivity (Wildman–Crippen MR) is 41.4 cm³/mol. The molecule has 0 aromatic carbocycles. The summed E-state index contributed by atoms with van der Waals surface area (Å²) in [6.45, 7) is 3.99. The number of rotatable bonds is 0. The zero-order chi connectivity index (χ0) is 8.27. The smallest absolute Gasteiger partial charge is 0.0884 e. The number of fused-ring (bicyclic) bond motifs is 1. The Bertz CT molecular complexity index is 116. The molecule has 0 aromatic rings.